The molecule has 0 unspecified atom stereocenters. The van der Waals surface area contributed by atoms with Crippen LogP contribution in [0.15, 0.2) is 48.5 Å². The number of hydrogen-bond acceptors (Lipinski definition) is 2. The summed E-state index contributed by atoms with van der Waals surface area (Å²) in [5.41, 5.74) is 0.426. The first kappa shape index (κ1) is 16.9. The number of carbonyl (C=O) groups excluding carboxylic acids is 2. The van der Waals surface area contributed by atoms with Crippen molar-refractivity contribution in [1.82, 2.24) is 0 Å². The number of carbonyl (C=O) groups is 2. The van der Waals surface area contributed by atoms with Crippen molar-refractivity contribution in [3.05, 3.63) is 70.8 Å². The van der Waals surface area contributed by atoms with Gasteiger partial charge in [-0.25, -0.2) is 0 Å². The molecule has 0 bridgehead atoms. The number of Topliss-reactive ketones (excluding diaryl/α,β-unsaturated/α-hetero) is 2. The fourth-order valence-electron chi connectivity index (χ4n) is 2.15. The monoisotopic (exact) mass is 320 g/mol. The third-order valence-corrected chi connectivity index (χ3v) is 3.52. The number of benzene rings is 2. The minimum absolute atomic E-state index is 0.113. The average molecular weight is 320 g/mol. The molecule has 2 aromatic rings. The van der Waals surface area contributed by atoms with E-state index in [1.165, 1.54) is 6.07 Å². The van der Waals surface area contributed by atoms with E-state index in [9.17, 15) is 22.8 Å². The highest BCUT2D eigenvalue weighted by Gasteiger charge is 2.31. The zero-order valence-electron chi connectivity index (χ0n) is 12.5. The lowest BCUT2D eigenvalue weighted by molar-refractivity contribution is -0.137. The van der Waals surface area contributed by atoms with Gasteiger partial charge in [0.2, 0.25) is 0 Å². The molecule has 120 valence electrons. The molecule has 0 aromatic heterocycles. The first-order valence-corrected chi connectivity index (χ1v) is 7.14. The number of alkyl halides is 3. The molecule has 0 fully saturated rings. The molecule has 23 heavy (non-hydrogen) atoms. The van der Waals surface area contributed by atoms with Crippen LogP contribution in [0, 0.1) is 0 Å². The van der Waals surface area contributed by atoms with Crippen LogP contribution in [0.25, 0.3) is 0 Å². The van der Waals surface area contributed by atoms with Gasteiger partial charge in [-0.05, 0) is 24.1 Å². The molecule has 0 spiro atoms. The maximum Gasteiger partial charge on any atom is 0.416 e. The number of hydrogen-bond donors (Lipinski definition) is 0. The van der Waals surface area contributed by atoms with Gasteiger partial charge in [-0.1, -0.05) is 43.3 Å². The number of rotatable bonds is 5. The van der Waals surface area contributed by atoms with E-state index in [-0.39, 0.29) is 5.56 Å². The van der Waals surface area contributed by atoms with Crippen LogP contribution in [0.1, 0.15) is 45.2 Å². The van der Waals surface area contributed by atoms with E-state index in [1.54, 1.807) is 24.3 Å². The van der Waals surface area contributed by atoms with Crippen LogP contribution in [0.5, 0.6) is 0 Å². The number of aryl methyl sites for hydroxylation is 1. The molecule has 2 rings (SSSR count). The molecule has 0 amide bonds. The van der Waals surface area contributed by atoms with Crippen molar-refractivity contribution in [2.24, 2.45) is 0 Å². The second kappa shape index (κ2) is 6.77. The zero-order chi connectivity index (χ0) is 17.0. The van der Waals surface area contributed by atoms with Crippen molar-refractivity contribution in [2.75, 3.05) is 0 Å². The normalized spacial score (nSPS) is 11.3. The quantitative estimate of drug-likeness (QED) is 0.590. The fourth-order valence-corrected chi connectivity index (χ4v) is 2.15. The summed E-state index contributed by atoms with van der Waals surface area (Å²) in [4.78, 5) is 24.1. The second-order valence-corrected chi connectivity index (χ2v) is 5.15. The van der Waals surface area contributed by atoms with E-state index in [0.717, 1.165) is 30.2 Å². The molecule has 0 aliphatic heterocycles. The van der Waals surface area contributed by atoms with Crippen molar-refractivity contribution < 1.29 is 22.8 Å². The Morgan fingerprint density at radius 2 is 1.52 bits per heavy atom. The molecule has 0 saturated heterocycles. The van der Waals surface area contributed by atoms with E-state index < -0.39 is 29.7 Å². The largest absolute Gasteiger partial charge is 0.416 e. The Morgan fingerprint density at radius 3 is 2.09 bits per heavy atom. The molecule has 0 saturated carbocycles. The topological polar surface area (TPSA) is 34.1 Å². The summed E-state index contributed by atoms with van der Waals surface area (Å²) < 4.78 is 38.0. The predicted octanol–water partition coefficient (Wildman–Crippen LogP) is 4.72. The van der Waals surface area contributed by atoms with Crippen LogP contribution in [-0.2, 0) is 12.6 Å². The average Bonchev–Trinajstić information content (AvgIpc) is 2.54. The Bertz CT molecular complexity index is 716. The van der Waals surface area contributed by atoms with Crippen LogP contribution in [-0.4, -0.2) is 11.6 Å². The minimum atomic E-state index is -4.52. The number of ketones is 2. The fraction of sp³-hybridized carbons (Fsp3) is 0.222. The Kier molecular flexibility index (Phi) is 4.98. The van der Waals surface area contributed by atoms with Crippen LogP contribution in [0.4, 0.5) is 13.2 Å². The maximum atomic E-state index is 12.7. The Balaban J connectivity index is 2.13. The van der Waals surface area contributed by atoms with Gasteiger partial charge in [-0.2, -0.15) is 13.2 Å². The summed E-state index contributed by atoms with van der Waals surface area (Å²) >= 11 is 0. The minimum Gasteiger partial charge on any atom is -0.294 e. The third-order valence-electron chi connectivity index (χ3n) is 3.52. The van der Waals surface area contributed by atoms with Gasteiger partial charge in [0.25, 0.3) is 0 Å². The first-order chi connectivity index (χ1) is 10.8. The second-order valence-electron chi connectivity index (χ2n) is 5.15. The van der Waals surface area contributed by atoms with Gasteiger partial charge in [0.15, 0.2) is 11.6 Å². The predicted molar refractivity (Wildman–Crippen MR) is 80.5 cm³/mol. The van der Waals surface area contributed by atoms with Gasteiger partial charge >= 0.3 is 6.18 Å². The Labute approximate surface area is 131 Å². The summed E-state index contributed by atoms with van der Waals surface area (Å²) in [7, 11) is 0. The first-order valence-electron chi connectivity index (χ1n) is 7.14. The smallest absolute Gasteiger partial charge is 0.294 e. The molecule has 5 heteroatoms. The molecule has 0 aliphatic rings. The highest BCUT2D eigenvalue weighted by atomic mass is 19.4. The van der Waals surface area contributed by atoms with E-state index in [2.05, 4.69) is 0 Å². The SMILES string of the molecule is CCc1ccc(C(=O)CC(=O)c2cccc(C(F)(F)F)c2)cc1. The van der Waals surface area contributed by atoms with Crippen molar-refractivity contribution in [2.45, 2.75) is 25.9 Å². The molecular formula is C18H15F3O2. The Hall–Kier alpha value is -2.43. The molecule has 0 radical (unpaired) electrons. The third kappa shape index (κ3) is 4.28. The lowest BCUT2D eigenvalue weighted by Crippen LogP contribution is -2.11. The van der Waals surface area contributed by atoms with Crippen molar-refractivity contribution in [1.29, 1.82) is 0 Å². The highest BCUT2D eigenvalue weighted by molar-refractivity contribution is 6.13. The van der Waals surface area contributed by atoms with Gasteiger partial charge < -0.3 is 0 Å². The van der Waals surface area contributed by atoms with Gasteiger partial charge in [-0.15, -0.1) is 0 Å². The van der Waals surface area contributed by atoms with Gasteiger partial charge in [-0.3, -0.25) is 9.59 Å². The lowest BCUT2D eigenvalue weighted by Gasteiger charge is -2.08. The van der Waals surface area contributed by atoms with Crippen molar-refractivity contribution >= 4 is 11.6 Å². The molecule has 0 atom stereocenters. The molecule has 0 N–H and O–H groups in total. The van der Waals surface area contributed by atoms with E-state index in [0.29, 0.717) is 5.56 Å². The maximum absolute atomic E-state index is 12.7. The van der Waals surface area contributed by atoms with Crippen LogP contribution < -0.4 is 0 Å². The zero-order valence-corrected chi connectivity index (χ0v) is 12.5. The lowest BCUT2D eigenvalue weighted by atomic mass is 9.99. The summed E-state index contributed by atoms with van der Waals surface area (Å²) in [5, 5.41) is 0. The van der Waals surface area contributed by atoms with E-state index in [4.69, 9.17) is 0 Å². The highest BCUT2D eigenvalue weighted by Crippen LogP contribution is 2.29. The standard InChI is InChI=1S/C18H15F3O2/c1-2-12-6-8-13(9-7-12)16(22)11-17(23)14-4-3-5-15(10-14)18(19,20)21/h3-10H,2,11H2,1H3. The van der Waals surface area contributed by atoms with Crippen LogP contribution in [0.3, 0.4) is 0 Å². The Morgan fingerprint density at radius 1 is 0.913 bits per heavy atom. The van der Waals surface area contributed by atoms with Crippen molar-refractivity contribution in [3.63, 3.8) is 0 Å². The van der Waals surface area contributed by atoms with Gasteiger partial charge in [0.1, 0.15) is 0 Å². The molecule has 2 nitrogen and oxygen atoms in total. The summed E-state index contributed by atoms with van der Waals surface area (Å²) in [6.45, 7) is 1.98. The molecule has 2 aromatic carbocycles. The summed E-state index contributed by atoms with van der Waals surface area (Å²) in [6, 6.07) is 10.9. The summed E-state index contributed by atoms with van der Waals surface area (Å²) in [6.07, 6.45) is -4.14. The molecule has 0 aliphatic carbocycles. The van der Waals surface area contributed by atoms with E-state index >= 15 is 0 Å². The summed E-state index contributed by atoms with van der Waals surface area (Å²) in [5.74, 6) is -1.03. The van der Waals surface area contributed by atoms with E-state index in [1.807, 2.05) is 6.92 Å². The molecular weight excluding hydrogens is 305 g/mol. The van der Waals surface area contributed by atoms with Crippen LogP contribution >= 0.6 is 0 Å². The van der Waals surface area contributed by atoms with Crippen molar-refractivity contribution in [3.8, 4) is 0 Å². The van der Waals surface area contributed by atoms with Crippen LogP contribution in [0.2, 0.25) is 0 Å². The molecule has 0 heterocycles. The number of halogens is 3. The van der Waals surface area contributed by atoms with Gasteiger partial charge in [0.05, 0.1) is 12.0 Å². The van der Waals surface area contributed by atoms with Gasteiger partial charge in [0, 0.05) is 11.1 Å².